The van der Waals surface area contributed by atoms with Gasteiger partial charge in [-0.1, -0.05) is 12.1 Å². The van der Waals surface area contributed by atoms with E-state index in [2.05, 4.69) is 15.5 Å². The van der Waals surface area contributed by atoms with Crippen molar-refractivity contribution in [2.75, 3.05) is 31.6 Å². The Hall–Kier alpha value is -1.86. The number of carbonyl (C=O) groups excluding carboxylic acids is 1. The van der Waals surface area contributed by atoms with Crippen LogP contribution in [0.3, 0.4) is 0 Å². The van der Waals surface area contributed by atoms with Gasteiger partial charge in [0.25, 0.3) is 0 Å². The molecule has 1 aromatic carbocycles. The van der Waals surface area contributed by atoms with Crippen molar-refractivity contribution < 1.29 is 9.18 Å². The number of thioether (sulfide) groups is 1. The molecule has 0 bridgehead atoms. The molecule has 1 aliphatic rings. The minimum absolute atomic E-state index is 0.190. The van der Waals surface area contributed by atoms with E-state index in [1.54, 1.807) is 6.07 Å². The lowest BCUT2D eigenvalue weighted by Gasteiger charge is -2.25. The van der Waals surface area contributed by atoms with Gasteiger partial charge in [0.15, 0.2) is 0 Å². The van der Waals surface area contributed by atoms with E-state index < -0.39 is 0 Å². The monoisotopic (exact) mass is 376 g/mol. The topological polar surface area (TPSA) is 61.0 Å². The molecule has 1 aliphatic heterocycles. The van der Waals surface area contributed by atoms with Crippen LogP contribution in [0, 0.1) is 5.82 Å². The van der Waals surface area contributed by atoms with E-state index in [1.165, 1.54) is 12.1 Å². The first kappa shape index (κ1) is 18.9. The van der Waals surface area contributed by atoms with Crippen LogP contribution in [0.15, 0.2) is 30.3 Å². The Kier molecular flexibility index (Phi) is 6.68. The zero-order valence-electron chi connectivity index (χ0n) is 15.0. The second-order valence-electron chi connectivity index (χ2n) is 6.64. The van der Waals surface area contributed by atoms with E-state index in [1.807, 2.05) is 35.8 Å². The third-order valence-corrected chi connectivity index (χ3v) is 5.67. The number of amides is 1. The fourth-order valence-electron chi connectivity index (χ4n) is 3.03. The van der Waals surface area contributed by atoms with Crippen LogP contribution in [-0.2, 0) is 11.2 Å². The van der Waals surface area contributed by atoms with Gasteiger partial charge in [-0.25, -0.2) is 4.39 Å². The van der Waals surface area contributed by atoms with E-state index in [-0.39, 0.29) is 11.7 Å². The molecule has 0 saturated carbocycles. The number of carbonyl (C=O) groups is 1. The highest BCUT2D eigenvalue weighted by Crippen LogP contribution is 2.19. The van der Waals surface area contributed by atoms with Gasteiger partial charge in [-0.15, -0.1) is 0 Å². The van der Waals surface area contributed by atoms with Gasteiger partial charge in [-0.2, -0.15) is 16.9 Å². The van der Waals surface area contributed by atoms with E-state index in [0.29, 0.717) is 19.0 Å². The molecule has 2 aromatic rings. The molecule has 2 heterocycles. The first-order chi connectivity index (χ1) is 12.6. The van der Waals surface area contributed by atoms with Crippen LogP contribution in [0.25, 0.3) is 11.3 Å². The Labute approximate surface area is 157 Å². The van der Waals surface area contributed by atoms with Crippen molar-refractivity contribution in [1.82, 2.24) is 20.4 Å². The normalized spacial score (nSPS) is 17.2. The molecule has 140 valence electrons. The van der Waals surface area contributed by atoms with Crippen LogP contribution < -0.4 is 5.32 Å². The molecule has 1 aromatic heterocycles. The minimum atomic E-state index is -0.266. The molecule has 1 saturated heterocycles. The number of halogens is 1. The van der Waals surface area contributed by atoms with Gasteiger partial charge < -0.3 is 10.2 Å². The molecule has 0 radical (unpaired) electrons. The first-order valence-electron chi connectivity index (χ1n) is 8.97. The molecule has 7 heteroatoms. The summed E-state index contributed by atoms with van der Waals surface area (Å²) in [6, 6.07) is 8.66. The van der Waals surface area contributed by atoms with Gasteiger partial charge in [-0.3, -0.25) is 9.89 Å². The van der Waals surface area contributed by atoms with Crippen LogP contribution in [0.2, 0.25) is 0 Å². The summed E-state index contributed by atoms with van der Waals surface area (Å²) in [5.74, 6) is 2.06. The van der Waals surface area contributed by atoms with E-state index in [0.717, 1.165) is 47.8 Å². The Bertz CT molecular complexity index is 730. The summed E-state index contributed by atoms with van der Waals surface area (Å²) in [4.78, 5) is 14.1. The number of rotatable bonds is 7. The van der Waals surface area contributed by atoms with Crippen molar-refractivity contribution in [2.45, 2.75) is 25.3 Å². The minimum Gasteiger partial charge on any atom is -0.346 e. The highest BCUT2D eigenvalue weighted by atomic mass is 32.2. The van der Waals surface area contributed by atoms with E-state index in [9.17, 15) is 9.18 Å². The molecular formula is C19H25FN4OS. The fraction of sp³-hybridized carbons (Fsp3) is 0.474. The molecule has 26 heavy (non-hydrogen) atoms. The predicted molar refractivity (Wildman–Crippen MR) is 104 cm³/mol. The zero-order chi connectivity index (χ0) is 18.4. The second-order valence-corrected chi connectivity index (χ2v) is 7.79. The van der Waals surface area contributed by atoms with Gasteiger partial charge in [0.1, 0.15) is 5.82 Å². The molecule has 0 spiro atoms. The maximum absolute atomic E-state index is 13.3. The number of nitrogens with one attached hydrogen (secondary N) is 2. The van der Waals surface area contributed by atoms with Crippen LogP contribution in [-0.4, -0.2) is 58.7 Å². The third kappa shape index (κ3) is 5.32. The van der Waals surface area contributed by atoms with Gasteiger partial charge in [0.05, 0.1) is 5.69 Å². The lowest BCUT2D eigenvalue weighted by atomic mass is 10.1. The van der Waals surface area contributed by atoms with Crippen molar-refractivity contribution in [2.24, 2.45) is 0 Å². The lowest BCUT2D eigenvalue weighted by Crippen LogP contribution is -2.42. The summed E-state index contributed by atoms with van der Waals surface area (Å²) >= 11 is 1.91. The number of H-pyrrole nitrogens is 1. The molecule has 1 fully saturated rings. The Morgan fingerprint density at radius 3 is 3.08 bits per heavy atom. The van der Waals surface area contributed by atoms with Crippen molar-refractivity contribution in [3.05, 3.63) is 41.8 Å². The third-order valence-electron chi connectivity index (χ3n) is 4.54. The van der Waals surface area contributed by atoms with E-state index >= 15 is 0 Å². The Morgan fingerprint density at radius 2 is 2.31 bits per heavy atom. The fourth-order valence-corrected chi connectivity index (χ4v) is 3.98. The quantitative estimate of drug-likeness (QED) is 0.780. The molecule has 0 aliphatic carbocycles. The SMILES string of the molecule is CN(CCCc1cc(-c2cccc(F)c2)n[nH]1)C(=O)CC1CSCCN1. The summed E-state index contributed by atoms with van der Waals surface area (Å²) in [5.41, 5.74) is 2.50. The molecule has 5 nitrogen and oxygen atoms in total. The second kappa shape index (κ2) is 9.19. The van der Waals surface area contributed by atoms with Gasteiger partial charge >= 0.3 is 0 Å². The number of nitrogens with zero attached hydrogens (tertiary/aromatic N) is 2. The number of aromatic nitrogens is 2. The van der Waals surface area contributed by atoms with Crippen molar-refractivity contribution in [3.8, 4) is 11.3 Å². The first-order valence-corrected chi connectivity index (χ1v) is 10.1. The highest BCUT2D eigenvalue weighted by Gasteiger charge is 2.18. The van der Waals surface area contributed by atoms with Crippen LogP contribution in [0.5, 0.6) is 0 Å². The smallest absolute Gasteiger partial charge is 0.223 e. The zero-order valence-corrected chi connectivity index (χ0v) is 15.8. The average molecular weight is 377 g/mol. The predicted octanol–water partition coefficient (Wildman–Crippen LogP) is 2.70. The highest BCUT2D eigenvalue weighted by molar-refractivity contribution is 7.99. The van der Waals surface area contributed by atoms with Gasteiger partial charge in [0, 0.05) is 55.4 Å². The molecule has 1 unspecified atom stereocenters. The number of hydrogen-bond donors (Lipinski definition) is 2. The summed E-state index contributed by atoms with van der Waals surface area (Å²) in [6.07, 6.45) is 2.23. The van der Waals surface area contributed by atoms with E-state index in [4.69, 9.17) is 0 Å². The summed E-state index contributed by atoms with van der Waals surface area (Å²) in [6.45, 7) is 1.70. The van der Waals surface area contributed by atoms with Crippen LogP contribution in [0.1, 0.15) is 18.5 Å². The van der Waals surface area contributed by atoms with Gasteiger partial charge in [-0.05, 0) is 31.0 Å². The standard InChI is InChI=1S/C19H25FN4OS/c1-24(19(25)12-17-13-26-9-7-21-17)8-3-6-16-11-18(23-22-16)14-4-2-5-15(20)10-14/h2,4-5,10-11,17,21H,3,6-9,12-13H2,1H3,(H,22,23). The maximum Gasteiger partial charge on any atom is 0.223 e. The average Bonchev–Trinajstić information content (AvgIpc) is 3.11. The van der Waals surface area contributed by atoms with Crippen LogP contribution >= 0.6 is 11.8 Å². The number of aromatic amines is 1. The lowest BCUT2D eigenvalue weighted by molar-refractivity contribution is -0.130. The number of benzene rings is 1. The molecule has 3 rings (SSSR count). The Balaban J connectivity index is 1.43. The number of aryl methyl sites for hydroxylation is 1. The summed E-state index contributed by atoms with van der Waals surface area (Å²) in [7, 11) is 1.86. The van der Waals surface area contributed by atoms with Crippen molar-refractivity contribution in [1.29, 1.82) is 0 Å². The summed E-state index contributed by atoms with van der Waals surface area (Å²) < 4.78 is 13.3. The van der Waals surface area contributed by atoms with Crippen molar-refractivity contribution >= 4 is 17.7 Å². The molecular weight excluding hydrogens is 351 g/mol. The van der Waals surface area contributed by atoms with Crippen molar-refractivity contribution in [3.63, 3.8) is 0 Å². The molecule has 1 amide bonds. The molecule has 2 N–H and O–H groups in total. The maximum atomic E-state index is 13.3. The van der Waals surface area contributed by atoms with Crippen LogP contribution in [0.4, 0.5) is 4.39 Å². The number of hydrogen-bond acceptors (Lipinski definition) is 4. The summed E-state index contributed by atoms with van der Waals surface area (Å²) in [5, 5.41) is 10.7. The largest absolute Gasteiger partial charge is 0.346 e. The van der Waals surface area contributed by atoms with Gasteiger partial charge in [0.2, 0.25) is 5.91 Å². The Morgan fingerprint density at radius 1 is 1.42 bits per heavy atom. The molecule has 1 atom stereocenters.